The third kappa shape index (κ3) is 3.39. The van der Waals surface area contributed by atoms with Crippen molar-refractivity contribution in [3.63, 3.8) is 0 Å². The van der Waals surface area contributed by atoms with Gasteiger partial charge in [-0.05, 0) is 60.8 Å². The Morgan fingerprint density at radius 3 is 2.63 bits per heavy atom. The van der Waals surface area contributed by atoms with Crippen LogP contribution < -0.4 is 5.32 Å². The second-order valence-corrected chi connectivity index (χ2v) is 8.05. The maximum Gasteiger partial charge on any atom is 0.226 e. The summed E-state index contributed by atoms with van der Waals surface area (Å²) >= 11 is 0. The van der Waals surface area contributed by atoms with Gasteiger partial charge in [0.25, 0.3) is 0 Å². The molecule has 1 aromatic rings. The van der Waals surface area contributed by atoms with E-state index in [0.717, 1.165) is 67.4 Å². The Morgan fingerprint density at radius 1 is 1.07 bits per heavy atom. The lowest BCUT2D eigenvalue weighted by Gasteiger charge is -2.25. The first-order chi connectivity index (χ1) is 13.1. The normalized spacial score (nSPS) is 28.7. The summed E-state index contributed by atoms with van der Waals surface area (Å²) in [5, 5.41) is 14.0. The number of amides is 1. The van der Waals surface area contributed by atoms with Gasteiger partial charge in [-0.15, -0.1) is 0 Å². The van der Waals surface area contributed by atoms with Crippen molar-refractivity contribution in [3.8, 4) is 0 Å². The van der Waals surface area contributed by atoms with Gasteiger partial charge < -0.3 is 10.4 Å². The van der Waals surface area contributed by atoms with Gasteiger partial charge in [-0.1, -0.05) is 55.5 Å². The number of benzene rings is 1. The van der Waals surface area contributed by atoms with Crippen LogP contribution in [0.25, 0.3) is 5.57 Å². The van der Waals surface area contributed by atoms with Gasteiger partial charge in [0.2, 0.25) is 5.91 Å². The minimum Gasteiger partial charge on any atom is -0.508 e. The van der Waals surface area contributed by atoms with E-state index in [1.807, 2.05) is 24.3 Å². The highest BCUT2D eigenvalue weighted by molar-refractivity contribution is 5.85. The molecule has 27 heavy (non-hydrogen) atoms. The fourth-order valence-corrected chi connectivity index (χ4v) is 4.91. The van der Waals surface area contributed by atoms with Crippen molar-refractivity contribution in [1.82, 2.24) is 5.32 Å². The lowest BCUT2D eigenvalue weighted by atomic mass is 9.78. The Labute approximate surface area is 161 Å². The molecule has 2 aliphatic carbocycles. The molecule has 0 bridgehead atoms. The number of allylic oxidation sites excluding steroid dienone is 6. The molecular weight excluding hydrogens is 334 g/mol. The minimum absolute atomic E-state index is 0.189. The van der Waals surface area contributed by atoms with Crippen molar-refractivity contribution in [2.75, 3.05) is 6.54 Å². The first-order valence-electron chi connectivity index (χ1n) is 9.95. The third-order valence-corrected chi connectivity index (χ3v) is 6.40. The molecule has 3 nitrogen and oxygen atoms in total. The SMILES string of the molecule is C=C1C=CC(c2ccccc2)=C(C2CCCC3(CCNC3=O)CC2)C(O)=C1. The van der Waals surface area contributed by atoms with Crippen LogP contribution in [0.2, 0.25) is 0 Å². The van der Waals surface area contributed by atoms with Gasteiger partial charge in [-0.25, -0.2) is 0 Å². The molecule has 1 saturated heterocycles. The Hall–Kier alpha value is -2.55. The second-order valence-electron chi connectivity index (χ2n) is 8.05. The monoisotopic (exact) mass is 361 g/mol. The molecule has 140 valence electrons. The number of hydrogen-bond acceptors (Lipinski definition) is 2. The largest absolute Gasteiger partial charge is 0.508 e. The van der Waals surface area contributed by atoms with E-state index in [9.17, 15) is 9.90 Å². The van der Waals surface area contributed by atoms with E-state index in [0.29, 0.717) is 5.76 Å². The molecule has 1 spiro atoms. The lowest BCUT2D eigenvalue weighted by molar-refractivity contribution is -0.128. The molecule has 1 saturated carbocycles. The van der Waals surface area contributed by atoms with Crippen LogP contribution in [0.1, 0.15) is 44.1 Å². The van der Waals surface area contributed by atoms with E-state index in [1.54, 1.807) is 6.08 Å². The van der Waals surface area contributed by atoms with Crippen molar-refractivity contribution in [2.45, 2.75) is 38.5 Å². The van der Waals surface area contributed by atoms with Gasteiger partial charge in [-0.2, -0.15) is 0 Å². The zero-order valence-electron chi connectivity index (χ0n) is 15.7. The summed E-state index contributed by atoms with van der Waals surface area (Å²) in [5.41, 5.74) is 3.80. The smallest absolute Gasteiger partial charge is 0.226 e. The predicted octanol–water partition coefficient (Wildman–Crippen LogP) is 5.09. The van der Waals surface area contributed by atoms with E-state index in [-0.39, 0.29) is 17.2 Å². The zero-order chi connectivity index (χ0) is 18.9. The molecule has 1 aromatic carbocycles. The van der Waals surface area contributed by atoms with E-state index in [1.165, 1.54) is 0 Å². The van der Waals surface area contributed by atoms with Crippen LogP contribution in [0, 0.1) is 11.3 Å². The Balaban J connectivity index is 1.73. The summed E-state index contributed by atoms with van der Waals surface area (Å²) in [7, 11) is 0. The standard InChI is InChI=1S/C24H27NO2/c1-17-9-10-20(18-6-3-2-4-7-18)22(21(26)16-17)19-8-5-12-24(13-11-19)14-15-25-23(24)27/h2-4,6-7,9-10,16,19,26H,1,5,8,11-15H2,(H,25,27). The molecule has 1 aliphatic heterocycles. The van der Waals surface area contributed by atoms with Crippen LogP contribution in [0.15, 0.2) is 72.0 Å². The Morgan fingerprint density at radius 2 is 1.89 bits per heavy atom. The van der Waals surface area contributed by atoms with Gasteiger partial charge in [0.15, 0.2) is 0 Å². The van der Waals surface area contributed by atoms with Gasteiger partial charge in [0.05, 0.1) is 5.41 Å². The fraction of sp³-hybridized carbons (Fsp3) is 0.375. The van der Waals surface area contributed by atoms with Crippen molar-refractivity contribution in [1.29, 1.82) is 0 Å². The first kappa shape index (κ1) is 17.8. The zero-order valence-corrected chi connectivity index (χ0v) is 15.7. The summed E-state index contributed by atoms with van der Waals surface area (Å²) in [6.45, 7) is 4.82. The summed E-state index contributed by atoms with van der Waals surface area (Å²) in [5.74, 6) is 0.801. The third-order valence-electron chi connectivity index (χ3n) is 6.40. The van der Waals surface area contributed by atoms with E-state index >= 15 is 0 Å². The number of rotatable bonds is 2. The van der Waals surface area contributed by atoms with Crippen molar-refractivity contribution in [3.05, 3.63) is 77.6 Å². The highest BCUT2D eigenvalue weighted by atomic mass is 16.3. The van der Waals surface area contributed by atoms with Gasteiger partial charge in [0, 0.05) is 12.1 Å². The average molecular weight is 361 g/mol. The first-order valence-corrected chi connectivity index (χ1v) is 9.95. The molecule has 1 amide bonds. The quantitative estimate of drug-likeness (QED) is 0.770. The van der Waals surface area contributed by atoms with E-state index < -0.39 is 0 Å². The summed E-state index contributed by atoms with van der Waals surface area (Å²) in [6, 6.07) is 10.2. The van der Waals surface area contributed by atoms with Crippen LogP contribution in [-0.4, -0.2) is 17.6 Å². The second kappa shape index (κ2) is 7.22. The van der Waals surface area contributed by atoms with Crippen LogP contribution >= 0.6 is 0 Å². The number of carbonyl (C=O) groups excluding carboxylic acids is 1. The Kier molecular flexibility index (Phi) is 4.77. The number of nitrogens with one attached hydrogen (secondary N) is 1. The molecule has 3 aliphatic rings. The molecule has 0 aromatic heterocycles. The lowest BCUT2D eigenvalue weighted by Crippen LogP contribution is -2.30. The highest BCUT2D eigenvalue weighted by Gasteiger charge is 2.43. The average Bonchev–Trinajstić information content (AvgIpc) is 2.82. The van der Waals surface area contributed by atoms with Gasteiger partial charge in [0.1, 0.15) is 5.76 Å². The minimum atomic E-state index is -0.189. The maximum absolute atomic E-state index is 12.4. The molecule has 2 N–H and O–H groups in total. The van der Waals surface area contributed by atoms with Crippen molar-refractivity contribution < 1.29 is 9.90 Å². The van der Waals surface area contributed by atoms with Crippen molar-refractivity contribution in [2.24, 2.45) is 11.3 Å². The van der Waals surface area contributed by atoms with Crippen LogP contribution in [0.4, 0.5) is 0 Å². The number of hydrogen-bond donors (Lipinski definition) is 2. The summed E-state index contributed by atoms with van der Waals surface area (Å²) < 4.78 is 0. The number of carbonyl (C=O) groups is 1. The molecule has 1 heterocycles. The molecule has 3 heteroatoms. The summed E-state index contributed by atoms with van der Waals surface area (Å²) in [4.78, 5) is 12.4. The summed E-state index contributed by atoms with van der Waals surface area (Å²) in [6.07, 6.45) is 11.6. The van der Waals surface area contributed by atoms with Gasteiger partial charge in [-0.3, -0.25) is 4.79 Å². The highest BCUT2D eigenvalue weighted by Crippen LogP contribution is 2.46. The maximum atomic E-state index is 12.4. The molecule has 2 atom stereocenters. The molecule has 4 rings (SSSR count). The van der Waals surface area contributed by atoms with E-state index in [4.69, 9.17) is 0 Å². The van der Waals surface area contributed by atoms with Crippen LogP contribution in [-0.2, 0) is 4.79 Å². The molecular formula is C24H27NO2. The fourth-order valence-electron chi connectivity index (χ4n) is 4.91. The predicted molar refractivity (Wildman–Crippen MR) is 109 cm³/mol. The van der Waals surface area contributed by atoms with E-state index in [2.05, 4.69) is 30.1 Å². The van der Waals surface area contributed by atoms with Gasteiger partial charge >= 0.3 is 0 Å². The molecule has 0 radical (unpaired) electrons. The molecule has 2 unspecified atom stereocenters. The number of aliphatic hydroxyl groups excluding tert-OH is 1. The number of aliphatic hydroxyl groups is 1. The van der Waals surface area contributed by atoms with Crippen LogP contribution in [0.5, 0.6) is 0 Å². The topological polar surface area (TPSA) is 49.3 Å². The Bertz CT molecular complexity index is 846. The van der Waals surface area contributed by atoms with Crippen molar-refractivity contribution >= 4 is 11.5 Å². The van der Waals surface area contributed by atoms with Crippen LogP contribution in [0.3, 0.4) is 0 Å². The molecule has 2 fully saturated rings.